The molecule has 462 valence electrons. The highest BCUT2D eigenvalue weighted by Gasteiger charge is 2.44. The van der Waals surface area contributed by atoms with E-state index in [4.69, 9.17) is 10.5 Å². The van der Waals surface area contributed by atoms with Crippen molar-refractivity contribution in [2.75, 3.05) is 32.8 Å². The van der Waals surface area contributed by atoms with Gasteiger partial charge in [0.15, 0.2) is 0 Å². The number of aliphatic hydroxyl groups is 2. The molecule has 25 heteroatoms. The molecule has 7 amide bonds. The Morgan fingerprint density at radius 3 is 1.99 bits per heavy atom. The number of nitrogens with one attached hydrogen (secondary N) is 6. The summed E-state index contributed by atoms with van der Waals surface area (Å²) >= 11 is 0. The smallest absolute Gasteiger partial charge is 0.408 e. The lowest BCUT2D eigenvalue weighted by atomic mass is 9.61. The van der Waals surface area contributed by atoms with E-state index in [-0.39, 0.29) is 50.2 Å². The number of rotatable bonds is 34. The number of benzene rings is 3. The van der Waals surface area contributed by atoms with Gasteiger partial charge in [0.2, 0.25) is 35.4 Å². The summed E-state index contributed by atoms with van der Waals surface area (Å²) in [5, 5.41) is 56.5. The minimum absolute atomic E-state index is 0.0816. The molecule has 12 N–H and O–H groups in total. The molecule has 0 spiro atoms. The van der Waals surface area contributed by atoms with Crippen LogP contribution in [0.3, 0.4) is 0 Å². The number of carbonyl (C=O) groups is 9. The second-order valence-electron chi connectivity index (χ2n) is 22.6. The fraction of sp³-hybridized carbons (Fsp3) is 0.450. The van der Waals surface area contributed by atoms with Crippen LogP contribution in [0.1, 0.15) is 103 Å². The number of aliphatic carboxylic acids is 2. The zero-order valence-corrected chi connectivity index (χ0v) is 48.6. The minimum atomic E-state index is -2.09. The standard InChI is InChI=1S/C60H79F2N9O14/c1-8-22-59(5,6)60(7,31-52(79)80)30-48(74)66-32-49(75)64-23-24-65-54(81)43(67-55(82)44(28-47(63)73)68-56(83)45(29-51(77)78)69-57(84)85-36-38-17-13-10-14-18-38)21-25-71(50(76)35-72)53(58(2,3)4)46-26-39(41-27-40(61)19-20-42(41)62)34-70(46)33-37-15-11-9-12-16-37/h8-20,26-27,34,43-45,53,55,67,72,82H,1,21-25,28-33,35-36H2,2-7H3,(H2,63,73)(H,64,75)(H,65,81)(H,66,74)(H,68,83)(H,69,84)(H,77,78)(H,79,80)/t43-,44-,45+,53-,55?,60?/m0/s1. The van der Waals surface area contributed by atoms with Crippen molar-refractivity contribution < 1.29 is 77.1 Å². The van der Waals surface area contributed by atoms with Gasteiger partial charge in [0.25, 0.3) is 0 Å². The van der Waals surface area contributed by atoms with E-state index in [1.165, 1.54) is 4.90 Å². The summed E-state index contributed by atoms with van der Waals surface area (Å²) in [7, 11) is 0. The molecule has 0 saturated heterocycles. The summed E-state index contributed by atoms with van der Waals surface area (Å²) in [6.07, 6.45) is -2.44. The topological polar surface area (TPSA) is 350 Å². The van der Waals surface area contributed by atoms with Crippen molar-refractivity contribution in [1.29, 1.82) is 0 Å². The molecule has 0 aliphatic carbocycles. The Hall–Kier alpha value is -8.55. The van der Waals surface area contributed by atoms with Gasteiger partial charge in [0.05, 0.1) is 43.9 Å². The third-order valence-corrected chi connectivity index (χ3v) is 14.5. The van der Waals surface area contributed by atoms with Crippen LogP contribution in [0.4, 0.5) is 13.6 Å². The molecule has 0 bridgehead atoms. The average molecular weight is 1190 g/mol. The quantitative estimate of drug-likeness (QED) is 0.0179. The molecule has 0 saturated carbocycles. The summed E-state index contributed by atoms with van der Waals surface area (Å²) in [4.78, 5) is 119. The number of allylic oxidation sites excluding steroid dienone is 1. The summed E-state index contributed by atoms with van der Waals surface area (Å²) in [5.74, 6) is -9.41. The van der Waals surface area contributed by atoms with Crippen molar-refractivity contribution >= 4 is 53.5 Å². The zero-order chi connectivity index (χ0) is 63.2. The number of carboxylic acids is 2. The van der Waals surface area contributed by atoms with Gasteiger partial charge in [-0.2, -0.15) is 0 Å². The third kappa shape index (κ3) is 21.5. The number of nitrogens with two attached hydrogens (primary N) is 1. The molecule has 6 atom stereocenters. The van der Waals surface area contributed by atoms with E-state index in [0.29, 0.717) is 17.7 Å². The van der Waals surface area contributed by atoms with Crippen LogP contribution in [0.15, 0.2) is 104 Å². The predicted molar refractivity (Wildman–Crippen MR) is 308 cm³/mol. The number of aliphatic hydroxyl groups excluding tert-OH is 2. The van der Waals surface area contributed by atoms with Crippen LogP contribution in [0.25, 0.3) is 11.1 Å². The van der Waals surface area contributed by atoms with Crippen LogP contribution in [-0.2, 0) is 56.2 Å². The zero-order valence-electron chi connectivity index (χ0n) is 48.6. The summed E-state index contributed by atoms with van der Waals surface area (Å²) in [6, 6.07) is 15.9. The Kier molecular flexibility index (Phi) is 25.9. The van der Waals surface area contributed by atoms with Gasteiger partial charge in [0.1, 0.15) is 37.1 Å². The third-order valence-electron chi connectivity index (χ3n) is 14.5. The number of primary amides is 1. The normalized spacial score (nSPS) is 14.0. The minimum Gasteiger partial charge on any atom is -0.481 e. The highest BCUT2D eigenvalue weighted by molar-refractivity contribution is 5.90. The molecule has 0 fully saturated rings. The first kappa shape index (κ1) is 68.9. The van der Waals surface area contributed by atoms with Gasteiger partial charge >= 0.3 is 18.0 Å². The Bertz CT molecular complexity index is 2970. The fourth-order valence-corrected chi connectivity index (χ4v) is 9.66. The van der Waals surface area contributed by atoms with E-state index in [0.717, 1.165) is 23.8 Å². The molecule has 1 heterocycles. The summed E-state index contributed by atoms with van der Waals surface area (Å²) < 4.78 is 37.1. The molecule has 1 aromatic heterocycles. The molecular formula is C60H79F2N9O14. The number of alkyl carbamates (subject to hydrolysis) is 1. The van der Waals surface area contributed by atoms with Gasteiger partial charge < -0.3 is 66.9 Å². The Morgan fingerprint density at radius 2 is 1.40 bits per heavy atom. The van der Waals surface area contributed by atoms with E-state index in [1.54, 1.807) is 93.1 Å². The maximum Gasteiger partial charge on any atom is 0.408 e. The SMILES string of the molecule is C=CCC(C)(C)C(C)(CC(=O)O)CC(=O)NCC(=O)NCCNC(=O)[C@H](CCN(C(=O)CO)[C@@H](c1cc(-c2cc(F)ccc2F)cn1Cc1ccccc1)C(C)(C)C)NC(O)[C@H](CC(N)=O)NC(=O)[C@@H](CC(=O)O)NC(=O)OCc1ccccc1. The second-order valence-corrected chi connectivity index (χ2v) is 22.6. The van der Waals surface area contributed by atoms with Crippen LogP contribution in [0.5, 0.6) is 0 Å². The number of nitrogens with zero attached hydrogens (tertiary/aromatic N) is 2. The summed E-state index contributed by atoms with van der Waals surface area (Å²) in [6.45, 7) is 11.8. The molecule has 0 aliphatic rings. The van der Waals surface area contributed by atoms with Gasteiger partial charge in [0, 0.05) is 55.6 Å². The van der Waals surface area contributed by atoms with E-state index in [2.05, 4.69) is 38.5 Å². The van der Waals surface area contributed by atoms with Gasteiger partial charge in [-0.05, 0) is 64.5 Å². The Balaban J connectivity index is 1.67. The number of halogens is 2. The van der Waals surface area contributed by atoms with Crippen LogP contribution < -0.4 is 37.6 Å². The van der Waals surface area contributed by atoms with E-state index < -0.39 is 151 Å². The van der Waals surface area contributed by atoms with Crippen LogP contribution in [0.2, 0.25) is 0 Å². The van der Waals surface area contributed by atoms with Gasteiger partial charge in [-0.3, -0.25) is 43.7 Å². The molecule has 4 aromatic rings. The van der Waals surface area contributed by atoms with E-state index >= 15 is 4.39 Å². The van der Waals surface area contributed by atoms with Crippen LogP contribution in [-0.4, -0.2) is 141 Å². The number of carbonyl (C=O) groups excluding carboxylic acids is 7. The predicted octanol–water partition coefficient (Wildman–Crippen LogP) is 4.01. The molecule has 2 unspecified atom stereocenters. The number of amides is 7. The fourth-order valence-electron chi connectivity index (χ4n) is 9.66. The number of aromatic nitrogens is 1. The van der Waals surface area contributed by atoms with Crippen LogP contribution >= 0.6 is 0 Å². The van der Waals surface area contributed by atoms with Gasteiger partial charge in [-0.25, -0.2) is 13.6 Å². The molecular weight excluding hydrogens is 1110 g/mol. The Morgan fingerprint density at radius 1 is 0.765 bits per heavy atom. The number of hydrogen-bond donors (Lipinski definition) is 11. The van der Waals surface area contributed by atoms with Crippen molar-refractivity contribution in [1.82, 2.24) is 41.4 Å². The largest absolute Gasteiger partial charge is 0.481 e. The van der Waals surface area contributed by atoms with Crippen molar-refractivity contribution in [2.24, 2.45) is 22.0 Å². The lowest BCUT2D eigenvalue weighted by Crippen LogP contribution is -2.60. The highest BCUT2D eigenvalue weighted by Crippen LogP contribution is 2.47. The van der Waals surface area contributed by atoms with Crippen molar-refractivity contribution in [3.63, 3.8) is 0 Å². The van der Waals surface area contributed by atoms with Crippen LogP contribution in [0, 0.1) is 27.9 Å². The molecule has 85 heavy (non-hydrogen) atoms. The second kappa shape index (κ2) is 31.9. The summed E-state index contributed by atoms with van der Waals surface area (Å²) in [5.41, 5.74) is 4.86. The maximum atomic E-state index is 15.5. The van der Waals surface area contributed by atoms with Crippen molar-refractivity contribution in [3.05, 3.63) is 132 Å². The lowest BCUT2D eigenvalue weighted by Gasteiger charge is -2.43. The number of ether oxygens (including phenoxy) is 1. The first-order chi connectivity index (χ1) is 40.0. The molecule has 0 aliphatic heterocycles. The molecule has 0 radical (unpaired) electrons. The number of carboxylic acid groups (broad SMARTS) is 2. The Labute approximate surface area is 492 Å². The average Bonchev–Trinajstić information content (AvgIpc) is 2.28. The first-order valence-electron chi connectivity index (χ1n) is 27.4. The van der Waals surface area contributed by atoms with E-state index in [9.17, 15) is 68.0 Å². The molecule has 23 nitrogen and oxygen atoms in total. The lowest BCUT2D eigenvalue weighted by molar-refractivity contribution is -0.143. The molecule has 3 aromatic carbocycles. The van der Waals surface area contributed by atoms with Crippen molar-refractivity contribution in [2.45, 2.75) is 124 Å². The maximum absolute atomic E-state index is 15.5. The van der Waals surface area contributed by atoms with Crippen molar-refractivity contribution in [3.8, 4) is 11.1 Å². The monoisotopic (exact) mass is 1190 g/mol. The molecule has 4 rings (SSSR count). The van der Waals surface area contributed by atoms with Gasteiger partial charge in [-0.15, -0.1) is 6.58 Å². The highest BCUT2D eigenvalue weighted by atomic mass is 19.1. The van der Waals surface area contributed by atoms with E-state index in [1.807, 2.05) is 32.0 Å². The number of hydrogen-bond acceptors (Lipinski definition) is 13. The van der Waals surface area contributed by atoms with Gasteiger partial charge in [-0.1, -0.05) is 108 Å². The first-order valence-corrected chi connectivity index (χ1v) is 27.4.